The van der Waals surface area contributed by atoms with Crippen molar-refractivity contribution < 1.29 is 9.47 Å². The van der Waals surface area contributed by atoms with Crippen molar-refractivity contribution in [2.75, 3.05) is 7.11 Å². The van der Waals surface area contributed by atoms with E-state index in [1.54, 1.807) is 19.5 Å². The van der Waals surface area contributed by atoms with Crippen molar-refractivity contribution in [2.45, 2.75) is 26.1 Å². The van der Waals surface area contributed by atoms with Gasteiger partial charge in [-0.05, 0) is 36.2 Å². The van der Waals surface area contributed by atoms with E-state index in [2.05, 4.69) is 29.4 Å². The van der Waals surface area contributed by atoms with Gasteiger partial charge in [0.2, 0.25) is 0 Å². The van der Waals surface area contributed by atoms with Gasteiger partial charge in [0.1, 0.15) is 6.61 Å². The molecule has 0 saturated carbocycles. The first kappa shape index (κ1) is 22.0. The Morgan fingerprint density at radius 2 is 1.86 bits per heavy atom. The molecule has 0 amide bonds. The van der Waals surface area contributed by atoms with Crippen LogP contribution in [0.1, 0.15) is 29.7 Å². The lowest BCUT2D eigenvalue weighted by molar-refractivity contribution is 0.284. The van der Waals surface area contributed by atoms with Gasteiger partial charge in [0.15, 0.2) is 11.5 Å². The summed E-state index contributed by atoms with van der Waals surface area (Å²) in [7, 11) is 1.62. The number of hydrogen-bond donors (Lipinski definition) is 1. The van der Waals surface area contributed by atoms with Crippen LogP contribution in [0.15, 0.2) is 67.0 Å². The lowest BCUT2D eigenvalue weighted by Crippen LogP contribution is -2.18. The van der Waals surface area contributed by atoms with Crippen molar-refractivity contribution in [3.05, 3.63) is 88.7 Å². The fourth-order valence-corrected chi connectivity index (χ4v) is 3.07. The van der Waals surface area contributed by atoms with E-state index in [0.29, 0.717) is 29.7 Å². The molecule has 1 heterocycles. The van der Waals surface area contributed by atoms with Gasteiger partial charge in [-0.2, -0.15) is 0 Å². The number of halogens is 2. The molecule has 3 rings (SSSR count). The monoisotopic (exact) mass is 418 g/mol. The Labute approximate surface area is 177 Å². The Bertz CT molecular complexity index is 861. The highest BCUT2D eigenvalue weighted by Crippen LogP contribution is 2.37. The Kier molecular flexibility index (Phi) is 8.58. The quantitative estimate of drug-likeness (QED) is 0.517. The molecule has 0 aliphatic heterocycles. The number of aromatic nitrogens is 1. The van der Waals surface area contributed by atoms with Crippen molar-refractivity contribution in [1.82, 2.24) is 10.3 Å². The highest BCUT2D eigenvalue weighted by Gasteiger charge is 2.13. The third kappa shape index (κ3) is 5.86. The SMILES string of the molecule is COc1cc(CNC(C)c2ccccc2)cc(Cl)c1OCc1cccnc1.Cl. The smallest absolute Gasteiger partial charge is 0.180 e. The minimum Gasteiger partial charge on any atom is -0.493 e. The van der Waals surface area contributed by atoms with E-state index < -0.39 is 0 Å². The van der Waals surface area contributed by atoms with Gasteiger partial charge in [0.25, 0.3) is 0 Å². The minimum absolute atomic E-state index is 0. The van der Waals surface area contributed by atoms with Gasteiger partial charge in [0.05, 0.1) is 12.1 Å². The Morgan fingerprint density at radius 3 is 2.54 bits per heavy atom. The highest BCUT2D eigenvalue weighted by molar-refractivity contribution is 6.32. The topological polar surface area (TPSA) is 43.4 Å². The van der Waals surface area contributed by atoms with E-state index in [4.69, 9.17) is 21.1 Å². The van der Waals surface area contributed by atoms with Gasteiger partial charge < -0.3 is 14.8 Å². The summed E-state index contributed by atoms with van der Waals surface area (Å²) < 4.78 is 11.4. The molecule has 6 heteroatoms. The summed E-state index contributed by atoms with van der Waals surface area (Å²) in [5.74, 6) is 1.17. The Morgan fingerprint density at radius 1 is 1.07 bits per heavy atom. The lowest BCUT2D eigenvalue weighted by Gasteiger charge is -2.17. The molecule has 1 unspecified atom stereocenters. The van der Waals surface area contributed by atoms with Crippen LogP contribution in [-0.4, -0.2) is 12.1 Å². The lowest BCUT2D eigenvalue weighted by atomic mass is 10.1. The maximum absolute atomic E-state index is 6.46. The second kappa shape index (κ2) is 10.9. The van der Waals surface area contributed by atoms with Gasteiger partial charge in [-0.3, -0.25) is 4.98 Å². The maximum atomic E-state index is 6.46. The number of pyridine rings is 1. The van der Waals surface area contributed by atoms with E-state index in [1.165, 1.54) is 5.56 Å². The van der Waals surface area contributed by atoms with Crippen LogP contribution in [-0.2, 0) is 13.2 Å². The van der Waals surface area contributed by atoms with Crippen LogP contribution in [0.3, 0.4) is 0 Å². The summed E-state index contributed by atoms with van der Waals surface area (Å²) in [5, 5.41) is 4.04. The average molecular weight is 419 g/mol. The molecule has 4 nitrogen and oxygen atoms in total. The van der Waals surface area contributed by atoms with Crippen molar-refractivity contribution >= 4 is 24.0 Å². The van der Waals surface area contributed by atoms with Crippen LogP contribution in [0, 0.1) is 0 Å². The summed E-state index contributed by atoms with van der Waals surface area (Å²) in [5.41, 5.74) is 3.25. The van der Waals surface area contributed by atoms with Gasteiger partial charge in [-0.15, -0.1) is 12.4 Å². The molecule has 1 atom stereocenters. The van der Waals surface area contributed by atoms with Crippen LogP contribution in [0.25, 0.3) is 0 Å². The zero-order valence-electron chi connectivity index (χ0n) is 15.9. The number of nitrogens with zero attached hydrogens (tertiary/aromatic N) is 1. The van der Waals surface area contributed by atoms with Gasteiger partial charge in [-0.25, -0.2) is 0 Å². The molecule has 28 heavy (non-hydrogen) atoms. The fraction of sp³-hybridized carbons (Fsp3) is 0.227. The summed E-state index contributed by atoms with van der Waals surface area (Å²) >= 11 is 6.46. The van der Waals surface area contributed by atoms with Gasteiger partial charge in [0, 0.05) is 30.5 Å². The zero-order chi connectivity index (χ0) is 19.1. The number of hydrogen-bond acceptors (Lipinski definition) is 4. The van der Waals surface area contributed by atoms with Gasteiger partial charge >= 0.3 is 0 Å². The van der Waals surface area contributed by atoms with E-state index >= 15 is 0 Å². The van der Waals surface area contributed by atoms with Crippen LogP contribution in [0.4, 0.5) is 0 Å². The molecule has 0 aliphatic rings. The van der Waals surface area contributed by atoms with Crippen molar-refractivity contribution in [2.24, 2.45) is 0 Å². The van der Waals surface area contributed by atoms with Crippen LogP contribution < -0.4 is 14.8 Å². The van der Waals surface area contributed by atoms with Gasteiger partial charge in [-0.1, -0.05) is 48.0 Å². The molecule has 1 aromatic heterocycles. The largest absolute Gasteiger partial charge is 0.493 e. The van der Waals surface area contributed by atoms with Crippen LogP contribution in [0.2, 0.25) is 5.02 Å². The number of rotatable bonds is 8. The average Bonchev–Trinajstić information content (AvgIpc) is 2.72. The third-order valence-corrected chi connectivity index (χ3v) is 4.59. The molecule has 0 fully saturated rings. The molecule has 0 spiro atoms. The van der Waals surface area contributed by atoms with Crippen LogP contribution >= 0.6 is 24.0 Å². The number of ether oxygens (including phenoxy) is 2. The highest BCUT2D eigenvalue weighted by atomic mass is 35.5. The molecule has 3 aromatic rings. The molecule has 0 saturated heterocycles. The summed E-state index contributed by atoms with van der Waals surface area (Å²) in [6, 6.07) is 18.3. The molecule has 0 radical (unpaired) electrons. The zero-order valence-corrected chi connectivity index (χ0v) is 17.5. The first-order chi connectivity index (χ1) is 13.2. The van der Waals surface area contributed by atoms with E-state index in [0.717, 1.165) is 11.1 Å². The molecular weight excluding hydrogens is 395 g/mol. The molecule has 1 N–H and O–H groups in total. The van der Waals surface area contributed by atoms with Crippen molar-refractivity contribution in [3.8, 4) is 11.5 Å². The molecule has 0 bridgehead atoms. The predicted molar refractivity (Wildman–Crippen MR) is 116 cm³/mol. The summed E-state index contributed by atoms with van der Waals surface area (Å²) in [6.07, 6.45) is 3.50. The van der Waals surface area contributed by atoms with Crippen molar-refractivity contribution in [3.63, 3.8) is 0 Å². The fourth-order valence-electron chi connectivity index (χ4n) is 2.78. The normalized spacial score (nSPS) is 11.4. The first-order valence-corrected chi connectivity index (χ1v) is 9.21. The predicted octanol–water partition coefficient (Wildman–Crippen LogP) is 5.60. The van der Waals surface area contributed by atoms with E-state index in [-0.39, 0.29) is 18.4 Å². The second-order valence-corrected chi connectivity index (χ2v) is 6.68. The first-order valence-electron chi connectivity index (χ1n) is 8.84. The number of methoxy groups -OCH3 is 1. The number of benzene rings is 2. The molecular formula is C22H24Cl2N2O2. The molecule has 148 valence electrons. The second-order valence-electron chi connectivity index (χ2n) is 6.27. The summed E-state index contributed by atoms with van der Waals surface area (Å²) in [4.78, 5) is 4.09. The Balaban J connectivity index is 0.00000280. The molecule has 2 aromatic carbocycles. The molecule has 0 aliphatic carbocycles. The number of nitrogens with one attached hydrogen (secondary N) is 1. The maximum Gasteiger partial charge on any atom is 0.180 e. The van der Waals surface area contributed by atoms with Crippen molar-refractivity contribution in [1.29, 1.82) is 0 Å². The Hall–Kier alpha value is -2.27. The van der Waals surface area contributed by atoms with E-state index in [9.17, 15) is 0 Å². The van der Waals surface area contributed by atoms with E-state index in [1.807, 2.05) is 42.5 Å². The van der Waals surface area contributed by atoms with Crippen LogP contribution in [0.5, 0.6) is 11.5 Å². The minimum atomic E-state index is 0. The summed E-state index contributed by atoms with van der Waals surface area (Å²) in [6.45, 7) is 3.20. The standard InChI is InChI=1S/C22H23ClN2O2.ClH/c1-16(19-8-4-3-5-9-19)25-14-18-11-20(23)22(21(12-18)26-2)27-15-17-7-6-10-24-13-17;/h3-13,16,25H,14-15H2,1-2H3;1H. The third-order valence-electron chi connectivity index (χ3n) is 4.31.